The normalized spacial score (nSPS) is 20.8. The fourth-order valence-corrected chi connectivity index (χ4v) is 3.17. The number of nitrogens with zero attached hydrogens (tertiary/aromatic N) is 2. The molecular weight excluding hydrogens is 340 g/mol. The van der Waals surface area contributed by atoms with Gasteiger partial charge in [-0.1, -0.05) is 0 Å². The summed E-state index contributed by atoms with van der Waals surface area (Å²) >= 11 is 0. The lowest BCUT2D eigenvalue weighted by atomic mass is 9.97. The minimum Gasteiger partial charge on any atom is -0.481 e. The average molecular weight is 360 g/mol. The number of cyclic esters (lactones) is 1. The number of carbonyl (C=O) groups is 3. The van der Waals surface area contributed by atoms with Crippen LogP contribution < -0.4 is 10.6 Å². The van der Waals surface area contributed by atoms with E-state index in [1.807, 2.05) is 0 Å². The van der Waals surface area contributed by atoms with Crippen molar-refractivity contribution in [3.05, 3.63) is 29.8 Å². The molecule has 0 spiro atoms. The molecule has 1 aromatic rings. The number of hydrogen-bond donors (Lipinski definition) is 3. The molecule has 1 aromatic carbocycles. The standard InChI is InChI=1S/C17H20N4O5/c18-14(19)10-1-3-12(4-2-10)21-9-13(26-17(21)25)15(22)20-7-5-11(6-8-20)16(23)24/h1-4,11,13H,5-9H2,(H3,18,19)(H,23,24). The van der Waals surface area contributed by atoms with Gasteiger partial charge in [0, 0.05) is 24.3 Å². The third-order valence-electron chi connectivity index (χ3n) is 4.73. The molecule has 26 heavy (non-hydrogen) atoms. The van der Waals surface area contributed by atoms with Crippen molar-refractivity contribution in [3.63, 3.8) is 0 Å². The number of piperidine rings is 1. The molecule has 1 unspecified atom stereocenters. The smallest absolute Gasteiger partial charge is 0.415 e. The zero-order valence-electron chi connectivity index (χ0n) is 14.1. The zero-order valence-corrected chi connectivity index (χ0v) is 14.1. The summed E-state index contributed by atoms with van der Waals surface area (Å²) in [5.74, 6) is -1.64. The van der Waals surface area contributed by atoms with Crippen molar-refractivity contribution >= 4 is 29.5 Å². The summed E-state index contributed by atoms with van der Waals surface area (Å²) < 4.78 is 5.21. The number of benzene rings is 1. The Kier molecular flexibility index (Phi) is 4.79. The van der Waals surface area contributed by atoms with E-state index in [2.05, 4.69) is 0 Å². The van der Waals surface area contributed by atoms with E-state index in [4.69, 9.17) is 21.0 Å². The van der Waals surface area contributed by atoms with Gasteiger partial charge in [-0.25, -0.2) is 4.79 Å². The highest BCUT2D eigenvalue weighted by atomic mass is 16.6. The first-order chi connectivity index (χ1) is 12.4. The molecule has 2 saturated heterocycles. The molecule has 2 aliphatic rings. The molecule has 0 aromatic heterocycles. The minimum atomic E-state index is -0.906. The maximum Gasteiger partial charge on any atom is 0.415 e. The van der Waals surface area contributed by atoms with Gasteiger partial charge in [-0.15, -0.1) is 0 Å². The van der Waals surface area contributed by atoms with Crippen molar-refractivity contribution in [2.45, 2.75) is 18.9 Å². The summed E-state index contributed by atoms with van der Waals surface area (Å²) in [6, 6.07) is 6.53. The number of nitrogens with two attached hydrogens (primary N) is 1. The lowest BCUT2D eigenvalue weighted by molar-refractivity contribution is -0.147. The van der Waals surface area contributed by atoms with Crippen LogP contribution in [-0.4, -0.2) is 59.6 Å². The molecule has 3 rings (SSSR count). The maximum atomic E-state index is 12.6. The van der Waals surface area contributed by atoms with E-state index >= 15 is 0 Å². The maximum absolute atomic E-state index is 12.6. The number of hydrogen-bond acceptors (Lipinski definition) is 5. The van der Waals surface area contributed by atoms with E-state index in [-0.39, 0.29) is 18.3 Å². The Morgan fingerprint density at radius 3 is 2.35 bits per heavy atom. The van der Waals surface area contributed by atoms with Crippen LogP contribution in [-0.2, 0) is 14.3 Å². The van der Waals surface area contributed by atoms with Crippen LogP contribution in [0.25, 0.3) is 0 Å². The highest BCUT2D eigenvalue weighted by molar-refractivity contribution is 5.97. The molecule has 0 radical (unpaired) electrons. The Bertz CT molecular complexity index is 740. The molecule has 0 saturated carbocycles. The third kappa shape index (κ3) is 3.46. The minimum absolute atomic E-state index is 0.0710. The van der Waals surface area contributed by atoms with Crippen molar-refractivity contribution < 1.29 is 24.2 Å². The zero-order chi connectivity index (χ0) is 18.8. The average Bonchev–Trinajstić information content (AvgIpc) is 3.03. The lowest BCUT2D eigenvalue weighted by Gasteiger charge is -2.31. The topological polar surface area (TPSA) is 137 Å². The predicted molar refractivity (Wildman–Crippen MR) is 92.0 cm³/mol. The summed E-state index contributed by atoms with van der Waals surface area (Å²) in [6.07, 6.45) is -0.716. The van der Waals surface area contributed by atoms with Gasteiger partial charge in [0.05, 0.1) is 12.5 Å². The van der Waals surface area contributed by atoms with Crippen LogP contribution in [0.1, 0.15) is 18.4 Å². The number of carboxylic acid groups (broad SMARTS) is 1. The molecule has 2 heterocycles. The number of rotatable bonds is 4. The summed E-state index contributed by atoms with van der Waals surface area (Å²) in [5.41, 5.74) is 6.50. The van der Waals surface area contributed by atoms with Crippen LogP contribution in [0.2, 0.25) is 0 Å². The first-order valence-corrected chi connectivity index (χ1v) is 8.31. The number of likely N-dealkylation sites (tertiary alicyclic amines) is 1. The highest BCUT2D eigenvalue weighted by Gasteiger charge is 2.40. The molecule has 2 amide bonds. The first kappa shape index (κ1) is 17.7. The van der Waals surface area contributed by atoms with Crippen LogP contribution in [0.15, 0.2) is 24.3 Å². The Morgan fingerprint density at radius 1 is 1.19 bits per heavy atom. The monoisotopic (exact) mass is 360 g/mol. The molecule has 4 N–H and O–H groups in total. The Labute approximate surface area is 149 Å². The second kappa shape index (κ2) is 7.03. The van der Waals surface area contributed by atoms with Crippen molar-refractivity contribution in [1.29, 1.82) is 5.41 Å². The fraction of sp³-hybridized carbons (Fsp3) is 0.412. The quantitative estimate of drug-likeness (QED) is 0.532. The summed E-state index contributed by atoms with van der Waals surface area (Å²) in [7, 11) is 0. The van der Waals surface area contributed by atoms with Crippen LogP contribution in [0.3, 0.4) is 0 Å². The van der Waals surface area contributed by atoms with Gasteiger partial charge in [-0.05, 0) is 37.1 Å². The van der Waals surface area contributed by atoms with Crippen molar-refractivity contribution in [3.8, 4) is 0 Å². The Morgan fingerprint density at radius 2 is 1.81 bits per heavy atom. The van der Waals surface area contributed by atoms with Crippen molar-refractivity contribution in [2.75, 3.05) is 24.5 Å². The molecule has 0 aliphatic carbocycles. The van der Waals surface area contributed by atoms with Gasteiger partial charge < -0.3 is 20.5 Å². The summed E-state index contributed by atoms with van der Waals surface area (Å²) in [4.78, 5) is 38.6. The van der Waals surface area contributed by atoms with E-state index < -0.39 is 24.1 Å². The first-order valence-electron chi connectivity index (χ1n) is 8.31. The molecule has 2 fully saturated rings. The van der Waals surface area contributed by atoms with Gasteiger partial charge in [0.1, 0.15) is 5.84 Å². The molecule has 0 bridgehead atoms. The van der Waals surface area contributed by atoms with E-state index in [0.29, 0.717) is 37.2 Å². The van der Waals surface area contributed by atoms with Crippen LogP contribution >= 0.6 is 0 Å². The van der Waals surface area contributed by atoms with Crippen LogP contribution in [0.5, 0.6) is 0 Å². The Balaban J connectivity index is 1.63. The summed E-state index contributed by atoms with van der Waals surface area (Å²) in [5, 5.41) is 16.4. The van der Waals surface area contributed by atoms with Crippen LogP contribution in [0, 0.1) is 11.3 Å². The number of carboxylic acids is 1. The number of nitrogens with one attached hydrogen (secondary N) is 1. The molecule has 9 heteroatoms. The van der Waals surface area contributed by atoms with Gasteiger partial charge in [0.2, 0.25) is 0 Å². The van der Waals surface area contributed by atoms with Crippen molar-refractivity contribution in [1.82, 2.24) is 4.90 Å². The number of carbonyl (C=O) groups excluding carboxylic acids is 2. The number of amidine groups is 1. The van der Waals surface area contributed by atoms with Gasteiger partial charge in [-0.2, -0.15) is 0 Å². The van der Waals surface area contributed by atoms with E-state index in [1.54, 1.807) is 29.2 Å². The van der Waals surface area contributed by atoms with Crippen molar-refractivity contribution in [2.24, 2.45) is 11.7 Å². The van der Waals surface area contributed by atoms with Crippen LogP contribution in [0.4, 0.5) is 10.5 Å². The largest absolute Gasteiger partial charge is 0.481 e. The number of anilines is 1. The SMILES string of the molecule is N=C(N)c1ccc(N2CC(C(=O)N3CCC(C(=O)O)CC3)OC2=O)cc1. The van der Waals surface area contributed by atoms with Gasteiger partial charge in [0.25, 0.3) is 5.91 Å². The molecular formula is C17H20N4O5. The molecule has 138 valence electrons. The highest BCUT2D eigenvalue weighted by Crippen LogP contribution is 2.25. The lowest BCUT2D eigenvalue weighted by Crippen LogP contribution is -2.46. The Hall–Kier alpha value is -3.10. The second-order valence-corrected chi connectivity index (χ2v) is 6.38. The third-order valence-corrected chi connectivity index (χ3v) is 4.73. The van der Waals surface area contributed by atoms with Gasteiger partial charge in [-0.3, -0.25) is 19.9 Å². The van der Waals surface area contributed by atoms with Gasteiger partial charge in [0.15, 0.2) is 6.10 Å². The summed E-state index contributed by atoms with van der Waals surface area (Å²) in [6.45, 7) is 0.782. The number of ether oxygens (including phenoxy) is 1. The number of amides is 2. The second-order valence-electron chi connectivity index (χ2n) is 6.38. The molecule has 2 aliphatic heterocycles. The van der Waals surface area contributed by atoms with E-state index in [1.165, 1.54) is 4.90 Å². The van der Waals surface area contributed by atoms with Gasteiger partial charge >= 0.3 is 12.1 Å². The predicted octanol–water partition coefficient (Wildman–Crippen LogP) is 0.619. The molecule has 1 atom stereocenters. The molecule has 9 nitrogen and oxygen atoms in total. The number of aliphatic carboxylic acids is 1. The van der Waals surface area contributed by atoms with E-state index in [9.17, 15) is 14.4 Å². The van der Waals surface area contributed by atoms with E-state index in [0.717, 1.165) is 0 Å². The number of nitrogen functional groups attached to an aromatic ring is 1. The fourth-order valence-electron chi connectivity index (χ4n) is 3.17.